The Morgan fingerprint density at radius 3 is 2.24 bits per heavy atom. The van der Waals surface area contributed by atoms with E-state index in [2.05, 4.69) is 5.32 Å². The summed E-state index contributed by atoms with van der Waals surface area (Å²) >= 11 is 0. The number of benzene rings is 1. The summed E-state index contributed by atoms with van der Waals surface area (Å²) in [5, 5.41) is 3.02. The molecule has 1 aromatic carbocycles. The lowest BCUT2D eigenvalue weighted by molar-refractivity contribution is -0.120. The molecule has 1 aromatic rings. The number of hydrogen-bond acceptors (Lipinski definition) is 3. The molecule has 3 heteroatoms. The van der Waals surface area contributed by atoms with Crippen molar-refractivity contribution in [2.75, 3.05) is 7.05 Å². The fourth-order valence-corrected chi connectivity index (χ4v) is 1.73. The topological polar surface area (TPSA) is 46.2 Å². The van der Waals surface area contributed by atoms with E-state index in [4.69, 9.17) is 0 Å². The molecule has 0 radical (unpaired) electrons. The summed E-state index contributed by atoms with van der Waals surface area (Å²) < 4.78 is 0. The molecule has 1 N–H and O–H groups in total. The largest absolute Gasteiger partial charge is 0.310 e. The molecule has 1 atom stereocenters. The predicted molar refractivity (Wildman–Crippen MR) is 68.3 cm³/mol. The van der Waals surface area contributed by atoms with Gasteiger partial charge in [0.15, 0.2) is 5.78 Å². The Kier molecular flexibility index (Phi) is 5.04. The van der Waals surface area contributed by atoms with E-state index in [0.717, 1.165) is 5.56 Å². The average Bonchev–Trinajstić information content (AvgIpc) is 2.35. The van der Waals surface area contributed by atoms with Crippen molar-refractivity contribution in [1.82, 2.24) is 5.32 Å². The van der Waals surface area contributed by atoms with Gasteiger partial charge in [0.25, 0.3) is 0 Å². The summed E-state index contributed by atoms with van der Waals surface area (Å²) in [5.74, 6) is 0.273. The van der Waals surface area contributed by atoms with Crippen LogP contribution in [0.3, 0.4) is 0 Å². The van der Waals surface area contributed by atoms with Gasteiger partial charge in [0.2, 0.25) is 0 Å². The van der Waals surface area contributed by atoms with Gasteiger partial charge in [-0.15, -0.1) is 0 Å². The molecule has 0 aliphatic heterocycles. The predicted octanol–water partition coefficient (Wildman–Crippen LogP) is 2.00. The first kappa shape index (κ1) is 13.6. The molecule has 3 nitrogen and oxygen atoms in total. The Bertz CT molecular complexity index is 395. The number of likely N-dealkylation sites (N-methyl/N-ethyl adjacent to an activating group) is 1. The molecular formula is C14H19NO2. The van der Waals surface area contributed by atoms with Gasteiger partial charge in [-0.3, -0.25) is 9.59 Å². The highest BCUT2D eigenvalue weighted by molar-refractivity contribution is 5.94. The highest BCUT2D eigenvalue weighted by atomic mass is 16.1. The fraction of sp³-hybridized carbons (Fsp3) is 0.429. The third-order valence-corrected chi connectivity index (χ3v) is 2.89. The third-order valence-electron chi connectivity index (χ3n) is 2.89. The number of ketones is 2. The first-order valence-corrected chi connectivity index (χ1v) is 5.88. The summed E-state index contributed by atoms with van der Waals surface area (Å²) in [5.41, 5.74) is 1.77. The van der Waals surface area contributed by atoms with Gasteiger partial charge in [-0.1, -0.05) is 31.2 Å². The quantitative estimate of drug-likeness (QED) is 0.764. The van der Waals surface area contributed by atoms with E-state index in [1.807, 2.05) is 19.1 Å². The fourth-order valence-electron chi connectivity index (χ4n) is 1.73. The SMILES string of the molecule is CCC(=O)C(Cc1ccc(C(C)=O)cc1)NC. The van der Waals surface area contributed by atoms with Gasteiger partial charge < -0.3 is 5.32 Å². The van der Waals surface area contributed by atoms with Crippen LogP contribution < -0.4 is 5.32 Å². The maximum atomic E-state index is 11.6. The Hall–Kier alpha value is -1.48. The van der Waals surface area contributed by atoms with Crippen LogP contribution in [-0.2, 0) is 11.2 Å². The molecule has 0 spiro atoms. The molecule has 0 saturated heterocycles. The van der Waals surface area contributed by atoms with Crippen molar-refractivity contribution in [3.63, 3.8) is 0 Å². The van der Waals surface area contributed by atoms with Crippen molar-refractivity contribution in [2.45, 2.75) is 32.7 Å². The number of hydrogen-bond donors (Lipinski definition) is 1. The van der Waals surface area contributed by atoms with Crippen LogP contribution in [-0.4, -0.2) is 24.7 Å². The molecule has 0 aliphatic carbocycles. The van der Waals surface area contributed by atoms with Gasteiger partial charge in [-0.05, 0) is 26.0 Å². The zero-order valence-electron chi connectivity index (χ0n) is 10.6. The second-order valence-corrected chi connectivity index (χ2v) is 4.12. The molecular weight excluding hydrogens is 214 g/mol. The van der Waals surface area contributed by atoms with Crippen LogP contribution >= 0.6 is 0 Å². The molecule has 0 saturated carbocycles. The molecule has 0 fully saturated rings. The summed E-state index contributed by atoms with van der Waals surface area (Å²) in [7, 11) is 1.79. The van der Waals surface area contributed by atoms with E-state index >= 15 is 0 Å². The summed E-state index contributed by atoms with van der Waals surface area (Å²) in [6.07, 6.45) is 1.21. The standard InChI is InChI=1S/C14H19NO2/c1-4-14(17)13(15-3)9-11-5-7-12(8-6-11)10(2)16/h5-8,13,15H,4,9H2,1-3H3. The Balaban J connectivity index is 2.74. The van der Waals surface area contributed by atoms with Crippen molar-refractivity contribution in [1.29, 1.82) is 0 Å². The number of nitrogens with one attached hydrogen (secondary N) is 1. The molecule has 1 rings (SSSR count). The van der Waals surface area contributed by atoms with Crippen LogP contribution in [0.5, 0.6) is 0 Å². The van der Waals surface area contributed by atoms with E-state index in [1.54, 1.807) is 26.1 Å². The summed E-state index contributed by atoms with van der Waals surface area (Å²) in [6, 6.07) is 7.29. The van der Waals surface area contributed by atoms with E-state index in [0.29, 0.717) is 18.4 Å². The second-order valence-electron chi connectivity index (χ2n) is 4.12. The van der Waals surface area contributed by atoms with Gasteiger partial charge in [-0.2, -0.15) is 0 Å². The van der Waals surface area contributed by atoms with Gasteiger partial charge in [0.05, 0.1) is 6.04 Å². The Morgan fingerprint density at radius 2 is 1.82 bits per heavy atom. The lowest BCUT2D eigenvalue weighted by Crippen LogP contribution is -2.35. The molecule has 0 amide bonds. The monoisotopic (exact) mass is 233 g/mol. The van der Waals surface area contributed by atoms with Gasteiger partial charge in [-0.25, -0.2) is 0 Å². The van der Waals surface area contributed by atoms with Crippen LogP contribution in [0.2, 0.25) is 0 Å². The van der Waals surface area contributed by atoms with E-state index in [9.17, 15) is 9.59 Å². The van der Waals surface area contributed by atoms with Crippen molar-refractivity contribution >= 4 is 11.6 Å². The number of carbonyl (C=O) groups excluding carboxylic acids is 2. The van der Waals surface area contributed by atoms with Gasteiger partial charge in [0.1, 0.15) is 5.78 Å². The highest BCUT2D eigenvalue weighted by Crippen LogP contribution is 2.08. The van der Waals surface area contributed by atoms with Crippen LogP contribution in [0.25, 0.3) is 0 Å². The Labute approximate surface area is 102 Å². The first-order chi connectivity index (χ1) is 8.08. The van der Waals surface area contributed by atoms with E-state index in [-0.39, 0.29) is 17.6 Å². The lowest BCUT2D eigenvalue weighted by Gasteiger charge is -2.14. The molecule has 0 heterocycles. The molecule has 92 valence electrons. The van der Waals surface area contributed by atoms with Crippen LogP contribution in [0.15, 0.2) is 24.3 Å². The molecule has 0 bridgehead atoms. The minimum absolute atomic E-state index is 0.0614. The summed E-state index contributed by atoms with van der Waals surface area (Å²) in [6.45, 7) is 3.41. The van der Waals surface area contributed by atoms with Crippen molar-refractivity contribution in [3.05, 3.63) is 35.4 Å². The molecule has 0 aromatic heterocycles. The minimum Gasteiger partial charge on any atom is -0.310 e. The maximum absolute atomic E-state index is 11.6. The number of carbonyl (C=O) groups is 2. The zero-order valence-corrected chi connectivity index (χ0v) is 10.6. The van der Waals surface area contributed by atoms with E-state index in [1.165, 1.54) is 0 Å². The van der Waals surface area contributed by atoms with Crippen LogP contribution in [0, 0.1) is 0 Å². The summed E-state index contributed by atoms with van der Waals surface area (Å²) in [4.78, 5) is 22.7. The van der Waals surface area contributed by atoms with Crippen molar-refractivity contribution in [2.24, 2.45) is 0 Å². The van der Waals surface area contributed by atoms with Gasteiger partial charge >= 0.3 is 0 Å². The van der Waals surface area contributed by atoms with Crippen LogP contribution in [0.4, 0.5) is 0 Å². The van der Waals surface area contributed by atoms with Crippen molar-refractivity contribution < 1.29 is 9.59 Å². The molecule has 0 aliphatic rings. The second kappa shape index (κ2) is 6.30. The number of rotatable bonds is 6. The van der Waals surface area contributed by atoms with Gasteiger partial charge in [0, 0.05) is 12.0 Å². The smallest absolute Gasteiger partial charge is 0.159 e. The Morgan fingerprint density at radius 1 is 1.24 bits per heavy atom. The van der Waals surface area contributed by atoms with E-state index < -0.39 is 0 Å². The maximum Gasteiger partial charge on any atom is 0.159 e. The lowest BCUT2D eigenvalue weighted by atomic mass is 9.99. The minimum atomic E-state index is -0.136. The third kappa shape index (κ3) is 3.79. The molecule has 17 heavy (non-hydrogen) atoms. The van der Waals surface area contributed by atoms with Crippen LogP contribution in [0.1, 0.15) is 36.2 Å². The number of Topliss-reactive ketones (excluding diaryl/α,β-unsaturated/α-hetero) is 2. The normalized spacial score (nSPS) is 12.2. The van der Waals surface area contributed by atoms with Crippen molar-refractivity contribution in [3.8, 4) is 0 Å². The average molecular weight is 233 g/mol. The zero-order chi connectivity index (χ0) is 12.8. The first-order valence-electron chi connectivity index (χ1n) is 5.88. The molecule has 1 unspecified atom stereocenters. The highest BCUT2D eigenvalue weighted by Gasteiger charge is 2.14.